The van der Waals surface area contributed by atoms with Crippen LogP contribution in [0.15, 0.2) is 0 Å². The number of ether oxygens (including phenoxy) is 1. The van der Waals surface area contributed by atoms with E-state index in [1.807, 2.05) is 25.7 Å². The van der Waals surface area contributed by atoms with Gasteiger partial charge in [0.1, 0.15) is 0 Å². The molecule has 0 rings (SSSR count). The van der Waals surface area contributed by atoms with Crippen molar-refractivity contribution in [1.29, 1.82) is 0 Å². The van der Waals surface area contributed by atoms with Crippen molar-refractivity contribution in [2.24, 2.45) is 5.41 Å². The minimum atomic E-state index is -0.119. The summed E-state index contributed by atoms with van der Waals surface area (Å²) in [4.78, 5) is 13.9. The van der Waals surface area contributed by atoms with Gasteiger partial charge in [-0.3, -0.25) is 4.79 Å². The van der Waals surface area contributed by atoms with Crippen LogP contribution in [0.3, 0.4) is 0 Å². The summed E-state index contributed by atoms with van der Waals surface area (Å²) in [6.45, 7) is 13.5. The third-order valence-electron chi connectivity index (χ3n) is 3.32. The zero-order valence-corrected chi connectivity index (χ0v) is 12.9. The molecule has 0 radical (unpaired) electrons. The van der Waals surface area contributed by atoms with Crippen molar-refractivity contribution in [2.45, 2.75) is 47.1 Å². The fraction of sp³-hybridized carbons (Fsp3) is 0.929. The largest absolute Gasteiger partial charge is 0.385 e. The summed E-state index contributed by atoms with van der Waals surface area (Å²) in [5, 5.41) is 3.33. The average molecular weight is 258 g/mol. The van der Waals surface area contributed by atoms with Gasteiger partial charge >= 0.3 is 0 Å². The first-order valence-electron chi connectivity index (χ1n) is 6.89. The van der Waals surface area contributed by atoms with Gasteiger partial charge in [0.15, 0.2) is 0 Å². The first kappa shape index (κ1) is 17.4. The van der Waals surface area contributed by atoms with Crippen LogP contribution in [-0.2, 0) is 9.53 Å². The van der Waals surface area contributed by atoms with E-state index in [1.54, 1.807) is 7.11 Å². The zero-order valence-electron chi connectivity index (χ0n) is 12.9. The first-order valence-corrected chi connectivity index (χ1v) is 6.89. The van der Waals surface area contributed by atoms with E-state index in [0.29, 0.717) is 0 Å². The highest BCUT2D eigenvalue weighted by Gasteiger charge is 2.22. The van der Waals surface area contributed by atoms with Gasteiger partial charge in [-0.1, -0.05) is 13.8 Å². The van der Waals surface area contributed by atoms with Gasteiger partial charge < -0.3 is 15.0 Å². The summed E-state index contributed by atoms with van der Waals surface area (Å²) >= 11 is 0. The summed E-state index contributed by atoms with van der Waals surface area (Å²) in [5.74, 6) is 0.183. The number of hydrogen-bond acceptors (Lipinski definition) is 3. The first-order chi connectivity index (χ1) is 8.37. The van der Waals surface area contributed by atoms with E-state index in [4.69, 9.17) is 4.74 Å². The topological polar surface area (TPSA) is 41.6 Å². The van der Waals surface area contributed by atoms with Crippen LogP contribution >= 0.6 is 0 Å². The standard InChI is InChI=1S/C14H30N2O2/c1-7-16(8-2)13(17)12(3)15-11-14(4,5)9-10-18-6/h12,15H,7-11H2,1-6H3. The lowest BCUT2D eigenvalue weighted by molar-refractivity contribution is -0.132. The Morgan fingerprint density at radius 1 is 1.33 bits per heavy atom. The van der Waals surface area contributed by atoms with Gasteiger partial charge in [-0.15, -0.1) is 0 Å². The summed E-state index contributed by atoms with van der Waals surface area (Å²) in [5.41, 5.74) is 0.147. The molecule has 0 aromatic rings. The number of carbonyl (C=O) groups excluding carboxylic acids is 1. The molecule has 1 N–H and O–H groups in total. The SMILES string of the molecule is CCN(CC)C(=O)C(C)NCC(C)(C)CCOC. The van der Waals surface area contributed by atoms with Gasteiger partial charge in [-0.25, -0.2) is 0 Å². The summed E-state index contributed by atoms with van der Waals surface area (Å²) in [6, 6.07) is -0.119. The van der Waals surface area contributed by atoms with Crippen LogP contribution in [0.2, 0.25) is 0 Å². The van der Waals surface area contributed by atoms with E-state index in [-0.39, 0.29) is 17.4 Å². The average Bonchev–Trinajstić information content (AvgIpc) is 2.35. The molecule has 4 nitrogen and oxygen atoms in total. The smallest absolute Gasteiger partial charge is 0.239 e. The minimum absolute atomic E-state index is 0.119. The van der Waals surface area contributed by atoms with Crippen molar-refractivity contribution >= 4 is 5.91 Å². The number of likely N-dealkylation sites (N-methyl/N-ethyl adjacent to an activating group) is 1. The molecule has 0 aliphatic carbocycles. The number of hydrogen-bond donors (Lipinski definition) is 1. The van der Waals surface area contributed by atoms with E-state index in [2.05, 4.69) is 19.2 Å². The Morgan fingerprint density at radius 2 is 1.89 bits per heavy atom. The van der Waals surface area contributed by atoms with Crippen molar-refractivity contribution in [3.05, 3.63) is 0 Å². The normalized spacial score (nSPS) is 13.4. The molecule has 0 spiro atoms. The number of nitrogens with zero attached hydrogens (tertiary/aromatic N) is 1. The summed E-state index contributed by atoms with van der Waals surface area (Å²) < 4.78 is 5.10. The van der Waals surface area contributed by atoms with Crippen molar-refractivity contribution in [3.63, 3.8) is 0 Å². The quantitative estimate of drug-likeness (QED) is 0.687. The summed E-state index contributed by atoms with van der Waals surface area (Å²) in [7, 11) is 1.72. The van der Waals surface area contributed by atoms with Crippen LogP contribution in [0, 0.1) is 5.41 Å². The molecule has 0 saturated carbocycles. The second-order valence-electron chi connectivity index (χ2n) is 5.52. The molecule has 0 aliphatic rings. The molecule has 18 heavy (non-hydrogen) atoms. The van der Waals surface area contributed by atoms with Crippen LogP contribution in [-0.4, -0.2) is 50.2 Å². The van der Waals surface area contributed by atoms with Crippen molar-refractivity contribution in [3.8, 4) is 0 Å². The highest BCUT2D eigenvalue weighted by Crippen LogP contribution is 2.19. The molecule has 1 amide bonds. The second-order valence-corrected chi connectivity index (χ2v) is 5.52. The van der Waals surface area contributed by atoms with E-state index >= 15 is 0 Å². The second kappa shape index (κ2) is 8.48. The van der Waals surface area contributed by atoms with E-state index in [1.165, 1.54) is 0 Å². The lowest BCUT2D eigenvalue weighted by atomic mass is 9.89. The highest BCUT2D eigenvalue weighted by molar-refractivity contribution is 5.81. The van der Waals surface area contributed by atoms with Gasteiger partial charge in [0, 0.05) is 33.4 Å². The molecule has 0 aromatic carbocycles. The van der Waals surface area contributed by atoms with Crippen LogP contribution in [0.25, 0.3) is 0 Å². The monoisotopic (exact) mass is 258 g/mol. The van der Waals surface area contributed by atoms with Crippen LogP contribution in [0.4, 0.5) is 0 Å². The lowest BCUT2D eigenvalue weighted by Crippen LogP contribution is -2.47. The predicted molar refractivity (Wildman–Crippen MR) is 75.7 cm³/mol. The van der Waals surface area contributed by atoms with Gasteiger partial charge in [-0.2, -0.15) is 0 Å². The van der Waals surface area contributed by atoms with Gasteiger partial charge in [0.25, 0.3) is 0 Å². The Morgan fingerprint density at radius 3 is 2.33 bits per heavy atom. The minimum Gasteiger partial charge on any atom is -0.385 e. The number of methoxy groups -OCH3 is 1. The van der Waals surface area contributed by atoms with Crippen LogP contribution in [0.5, 0.6) is 0 Å². The number of carbonyl (C=O) groups is 1. The fourth-order valence-corrected chi connectivity index (χ4v) is 1.79. The molecular formula is C14H30N2O2. The molecule has 1 atom stereocenters. The molecule has 0 bridgehead atoms. The Kier molecular flexibility index (Phi) is 8.20. The number of amides is 1. The zero-order chi connectivity index (χ0) is 14.2. The van der Waals surface area contributed by atoms with Gasteiger partial charge in [0.05, 0.1) is 6.04 Å². The fourth-order valence-electron chi connectivity index (χ4n) is 1.79. The molecule has 4 heteroatoms. The maximum Gasteiger partial charge on any atom is 0.239 e. The van der Waals surface area contributed by atoms with Crippen LogP contribution in [0.1, 0.15) is 41.0 Å². The van der Waals surface area contributed by atoms with Gasteiger partial charge in [0.2, 0.25) is 5.91 Å². The Balaban J connectivity index is 4.15. The molecule has 108 valence electrons. The third kappa shape index (κ3) is 6.36. The Bertz CT molecular complexity index is 238. The molecule has 0 aliphatic heterocycles. The van der Waals surface area contributed by atoms with E-state index < -0.39 is 0 Å². The number of rotatable bonds is 9. The molecule has 0 aromatic heterocycles. The van der Waals surface area contributed by atoms with Crippen LogP contribution < -0.4 is 5.32 Å². The number of nitrogens with one attached hydrogen (secondary N) is 1. The molecule has 0 saturated heterocycles. The van der Waals surface area contributed by atoms with Crippen molar-refractivity contribution in [1.82, 2.24) is 10.2 Å². The lowest BCUT2D eigenvalue weighted by Gasteiger charge is -2.29. The van der Waals surface area contributed by atoms with E-state index in [0.717, 1.165) is 32.7 Å². The molecule has 1 unspecified atom stereocenters. The maximum absolute atomic E-state index is 12.1. The molecule has 0 fully saturated rings. The third-order valence-corrected chi connectivity index (χ3v) is 3.32. The maximum atomic E-state index is 12.1. The Labute approximate surface area is 112 Å². The predicted octanol–water partition coefficient (Wildman–Crippen LogP) is 1.90. The molecule has 0 heterocycles. The van der Waals surface area contributed by atoms with Crippen molar-refractivity contribution < 1.29 is 9.53 Å². The molecular weight excluding hydrogens is 228 g/mol. The Hall–Kier alpha value is -0.610. The highest BCUT2D eigenvalue weighted by atomic mass is 16.5. The van der Waals surface area contributed by atoms with Crippen molar-refractivity contribution in [2.75, 3.05) is 33.4 Å². The van der Waals surface area contributed by atoms with E-state index in [9.17, 15) is 4.79 Å². The summed E-state index contributed by atoms with van der Waals surface area (Å²) in [6.07, 6.45) is 0.989. The van der Waals surface area contributed by atoms with Gasteiger partial charge in [-0.05, 0) is 32.6 Å².